The van der Waals surface area contributed by atoms with Gasteiger partial charge in [0.2, 0.25) is 0 Å². The Morgan fingerprint density at radius 2 is 1.81 bits per heavy atom. The second kappa shape index (κ2) is 8.05. The molecular formula is C19H14BrNO6. The summed E-state index contributed by atoms with van der Waals surface area (Å²) in [6, 6.07) is 15.1. The van der Waals surface area contributed by atoms with Gasteiger partial charge in [-0.05, 0) is 38.8 Å². The zero-order valence-electron chi connectivity index (χ0n) is 14.2. The number of non-ortho nitro benzene ring substituents is 1. The fraction of sp³-hybridized carbons (Fsp3) is 0.105. The fourth-order valence-corrected chi connectivity index (χ4v) is 3.08. The minimum atomic E-state index is -0.714. The molecule has 138 valence electrons. The lowest BCUT2D eigenvalue weighted by Crippen LogP contribution is -2.18. The molecule has 0 bridgehead atoms. The third-order valence-corrected chi connectivity index (χ3v) is 4.57. The van der Waals surface area contributed by atoms with Crippen LogP contribution in [0.15, 0.2) is 59.1 Å². The summed E-state index contributed by atoms with van der Waals surface area (Å²) in [4.78, 5) is 22.4. The molecule has 3 aromatic rings. The second-order valence-corrected chi connectivity index (χ2v) is 6.25. The summed E-state index contributed by atoms with van der Waals surface area (Å²) < 4.78 is 16.5. The summed E-state index contributed by atoms with van der Waals surface area (Å²) in [5, 5.41) is 12.9. The number of hydrogen-bond acceptors (Lipinski definition) is 6. The van der Waals surface area contributed by atoms with Crippen molar-refractivity contribution < 1.29 is 23.9 Å². The number of nitro groups is 1. The van der Waals surface area contributed by atoms with Gasteiger partial charge in [-0.25, -0.2) is 4.79 Å². The van der Waals surface area contributed by atoms with Gasteiger partial charge >= 0.3 is 5.97 Å². The van der Waals surface area contributed by atoms with Crippen LogP contribution in [-0.4, -0.2) is 24.6 Å². The Kier molecular flexibility index (Phi) is 5.56. The van der Waals surface area contributed by atoms with E-state index in [0.29, 0.717) is 5.75 Å². The van der Waals surface area contributed by atoms with Crippen LogP contribution < -0.4 is 14.2 Å². The van der Waals surface area contributed by atoms with Crippen molar-refractivity contribution in [1.29, 1.82) is 0 Å². The van der Waals surface area contributed by atoms with Gasteiger partial charge in [-0.1, -0.05) is 30.3 Å². The van der Waals surface area contributed by atoms with Crippen LogP contribution in [0.25, 0.3) is 10.8 Å². The Hall–Kier alpha value is -3.13. The van der Waals surface area contributed by atoms with Crippen molar-refractivity contribution in [1.82, 2.24) is 0 Å². The van der Waals surface area contributed by atoms with E-state index >= 15 is 0 Å². The SMILES string of the molecule is COc1ccc([N+](=O)[O-])cc1OC(=O)COc1ccc2ccccc2c1Br. The summed E-state index contributed by atoms with van der Waals surface area (Å²) in [5.74, 6) is -0.0655. The number of fused-ring (bicyclic) bond motifs is 1. The highest BCUT2D eigenvalue weighted by Crippen LogP contribution is 2.34. The molecule has 0 fully saturated rings. The second-order valence-electron chi connectivity index (χ2n) is 5.45. The van der Waals surface area contributed by atoms with E-state index in [2.05, 4.69) is 15.9 Å². The van der Waals surface area contributed by atoms with Gasteiger partial charge in [0.15, 0.2) is 18.1 Å². The first-order valence-corrected chi connectivity index (χ1v) is 8.62. The van der Waals surface area contributed by atoms with E-state index in [-0.39, 0.29) is 23.8 Å². The van der Waals surface area contributed by atoms with Crippen molar-refractivity contribution in [2.45, 2.75) is 0 Å². The molecule has 0 aliphatic rings. The summed E-state index contributed by atoms with van der Waals surface area (Å²) >= 11 is 3.48. The normalized spacial score (nSPS) is 10.4. The summed E-state index contributed by atoms with van der Waals surface area (Å²) in [6.45, 7) is -0.372. The number of esters is 1. The molecule has 3 rings (SSSR count). The maximum Gasteiger partial charge on any atom is 0.349 e. The number of nitrogens with zero attached hydrogens (tertiary/aromatic N) is 1. The highest BCUT2D eigenvalue weighted by molar-refractivity contribution is 9.10. The lowest BCUT2D eigenvalue weighted by molar-refractivity contribution is -0.384. The Morgan fingerprint density at radius 1 is 1.07 bits per heavy atom. The van der Waals surface area contributed by atoms with Gasteiger partial charge in [0.1, 0.15) is 5.75 Å². The molecule has 0 saturated carbocycles. The number of nitro benzene ring substituents is 1. The van der Waals surface area contributed by atoms with E-state index in [1.807, 2.05) is 30.3 Å². The molecule has 0 atom stereocenters. The molecule has 0 unspecified atom stereocenters. The smallest absolute Gasteiger partial charge is 0.349 e. The van der Waals surface area contributed by atoms with Crippen LogP contribution in [0, 0.1) is 10.1 Å². The average Bonchev–Trinajstić information content (AvgIpc) is 2.67. The zero-order chi connectivity index (χ0) is 19.4. The Morgan fingerprint density at radius 3 is 2.56 bits per heavy atom. The predicted molar refractivity (Wildman–Crippen MR) is 102 cm³/mol. The molecule has 7 nitrogen and oxygen atoms in total. The van der Waals surface area contributed by atoms with Crippen molar-refractivity contribution >= 4 is 38.4 Å². The molecule has 27 heavy (non-hydrogen) atoms. The third-order valence-electron chi connectivity index (χ3n) is 3.76. The standard InChI is InChI=1S/C19H14BrNO6/c1-25-15-9-7-13(21(23)24)10-17(15)27-18(22)11-26-16-8-6-12-4-2-3-5-14(12)19(16)20/h2-10H,11H2,1H3. The highest BCUT2D eigenvalue weighted by atomic mass is 79.9. The number of rotatable bonds is 6. The van der Waals surface area contributed by atoms with Crippen LogP contribution in [0.3, 0.4) is 0 Å². The summed E-state index contributed by atoms with van der Waals surface area (Å²) in [6.07, 6.45) is 0. The zero-order valence-corrected chi connectivity index (χ0v) is 15.8. The summed E-state index contributed by atoms with van der Waals surface area (Å²) in [5.41, 5.74) is -0.211. The molecule has 0 N–H and O–H groups in total. The molecule has 0 amide bonds. The number of halogens is 1. The van der Waals surface area contributed by atoms with E-state index in [4.69, 9.17) is 14.2 Å². The number of benzene rings is 3. The fourth-order valence-electron chi connectivity index (χ4n) is 2.47. The first kappa shape index (κ1) is 18.7. The molecule has 0 spiro atoms. The van der Waals surface area contributed by atoms with Crippen LogP contribution in [0.1, 0.15) is 0 Å². The molecule has 0 saturated heterocycles. The molecule has 0 aliphatic heterocycles. The quantitative estimate of drug-likeness (QED) is 0.247. The lowest BCUT2D eigenvalue weighted by Gasteiger charge is -2.11. The van der Waals surface area contributed by atoms with E-state index in [1.54, 1.807) is 6.07 Å². The van der Waals surface area contributed by atoms with E-state index < -0.39 is 10.9 Å². The minimum Gasteiger partial charge on any atom is -0.493 e. The van der Waals surface area contributed by atoms with Crippen LogP contribution in [0.2, 0.25) is 0 Å². The number of methoxy groups -OCH3 is 1. The topological polar surface area (TPSA) is 87.9 Å². The van der Waals surface area contributed by atoms with Crippen molar-refractivity contribution in [2.75, 3.05) is 13.7 Å². The maximum absolute atomic E-state index is 12.1. The maximum atomic E-state index is 12.1. The molecule has 0 aliphatic carbocycles. The van der Waals surface area contributed by atoms with Crippen molar-refractivity contribution in [3.63, 3.8) is 0 Å². The van der Waals surface area contributed by atoms with Crippen molar-refractivity contribution in [3.05, 3.63) is 69.2 Å². The Labute approximate surface area is 162 Å². The van der Waals surface area contributed by atoms with E-state index in [0.717, 1.165) is 21.3 Å². The molecular weight excluding hydrogens is 418 g/mol. The van der Waals surface area contributed by atoms with Gasteiger partial charge < -0.3 is 14.2 Å². The van der Waals surface area contributed by atoms with Gasteiger partial charge in [0.25, 0.3) is 5.69 Å². The van der Waals surface area contributed by atoms with Crippen LogP contribution in [0.5, 0.6) is 17.2 Å². The van der Waals surface area contributed by atoms with Crippen LogP contribution in [-0.2, 0) is 4.79 Å². The van der Waals surface area contributed by atoms with Gasteiger partial charge in [0.05, 0.1) is 22.6 Å². The predicted octanol–water partition coefficient (Wildman–Crippen LogP) is 4.50. The monoisotopic (exact) mass is 431 g/mol. The molecule has 0 heterocycles. The van der Waals surface area contributed by atoms with Gasteiger partial charge in [0, 0.05) is 6.07 Å². The molecule has 8 heteroatoms. The molecule has 0 radical (unpaired) electrons. The largest absolute Gasteiger partial charge is 0.493 e. The first-order valence-electron chi connectivity index (χ1n) is 7.82. The average molecular weight is 432 g/mol. The van der Waals surface area contributed by atoms with Crippen molar-refractivity contribution in [3.8, 4) is 17.2 Å². The van der Waals surface area contributed by atoms with Gasteiger partial charge in [-0.3, -0.25) is 10.1 Å². The van der Waals surface area contributed by atoms with E-state index in [9.17, 15) is 14.9 Å². The first-order chi connectivity index (χ1) is 13.0. The van der Waals surface area contributed by atoms with Gasteiger partial charge in [-0.15, -0.1) is 0 Å². The molecule has 3 aromatic carbocycles. The third kappa shape index (κ3) is 4.17. The number of hydrogen-bond donors (Lipinski definition) is 0. The molecule has 0 aromatic heterocycles. The number of carbonyl (C=O) groups excluding carboxylic acids is 1. The van der Waals surface area contributed by atoms with E-state index in [1.165, 1.54) is 19.2 Å². The Bertz CT molecular complexity index is 1020. The van der Waals surface area contributed by atoms with Gasteiger partial charge in [-0.2, -0.15) is 0 Å². The minimum absolute atomic E-state index is 0.0436. The number of carbonyl (C=O) groups is 1. The Balaban J connectivity index is 1.73. The number of ether oxygens (including phenoxy) is 3. The van der Waals surface area contributed by atoms with Crippen LogP contribution >= 0.6 is 15.9 Å². The lowest BCUT2D eigenvalue weighted by atomic mass is 10.1. The highest BCUT2D eigenvalue weighted by Gasteiger charge is 2.16. The van der Waals surface area contributed by atoms with Crippen LogP contribution in [0.4, 0.5) is 5.69 Å². The summed E-state index contributed by atoms with van der Waals surface area (Å²) in [7, 11) is 1.38. The van der Waals surface area contributed by atoms with Crippen molar-refractivity contribution in [2.24, 2.45) is 0 Å².